The van der Waals surface area contributed by atoms with Crippen molar-refractivity contribution < 1.29 is 14.7 Å². The van der Waals surface area contributed by atoms with Gasteiger partial charge in [0.15, 0.2) is 0 Å². The summed E-state index contributed by atoms with van der Waals surface area (Å²) in [7, 11) is 1.74. The zero-order valence-electron chi connectivity index (χ0n) is 11.9. The summed E-state index contributed by atoms with van der Waals surface area (Å²) in [5.41, 5.74) is 2.70. The monoisotopic (exact) mass is 297 g/mol. The van der Waals surface area contributed by atoms with E-state index in [1.807, 2.05) is 13.8 Å². The molecule has 1 aliphatic heterocycles. The maximum absolute atomic E-state index is 12.3. The summed E-state index contributed by atoms with van der Waals surface area (Å²) in [4.78, 5) is 31.9. The molecule has 0 bridgehead atoms. The number of aliphatic carboxylic acids is 1. The molecule has 0 radical (unpaired) electrons. The van der Waals surface area contributed by atoms with Gasteiger partial charge in [-0.2, -0.15) is 0 Å². The molecule has 0 aliphatic carbocycles. The molecule has 0 aromatic carbocycles. The lowest BCUT2D eigenvalue weighted by Crippen LogP contribution is -2.39. The van der Waals surface area contributed by atoms with E-state index in [4.69, 9.17) is 5.11 Å². The molecule has 20 heavy (non-hydrogen) atoms. The van der Waals surface area contributed by atoms with Gasteiger partial charge in [-0.15, -0.1) is 11.3 Å². The summed E-state index contributed by atoms with van der Waals surface area (Å²) in [5.74, 6) is -1.29. The first-order chi connectivity index (χ1) is 9.40. The lowest BCUT2D eigenvalue weighted by Gasteiger charge is -2.24. The van der Waals surface area contributed by atoms with Gasteiger partial charge in [0.05, 0.1) is 23.7 Å². The summed E-state index contributed by atoms with van der Waals surface area (Å²) < 4.78 is 0. The molecule has 0 saturated carbocycles. The Morgan fingerprint density at radius 3 is 2.75 bits per heavy atom. The summed E-state index contributed by atoms with van der Waals surface area (Å²) >= 11 is 1.53. The number of hydrogen-bond donors (Lipinski definition) is 1. The molecule has 1 aromatic rings. The molecule has 1 fully saturated rings. The van der Waals surface area contributed by atoms with Crippen LogP contribution in [0.4, 0.5) is 4.79 Å². The minimum Gasteiger partial charge on any atom is -0.481 e. The summed E-state index contributed by atoms with van der Waals surface area (Å²) in [6.07, 6.45) is 0. The number of aryl methyl sites for hydroxylation is 1. The normalized spacial score (nSPS) is 22.1. The molecule has 110 valence electrons. The van der Waals surface area contributed by atoms with Crippen molar-refractivity contribution in [3.8, 4) is 0 Å². The van der Waals surface area contributed by atoms with Crippen LogP contribution < -0.4 is 0 Å². The maximum atomic E-state index is 12.3. The highest BCUT2D eigenvalue weighted by atomic mass is 32.1. The molecule has 2 atom stereocenters. The van der Waals surface area contributed by atoms with Gasteiger partial charge in [0.2, 0.25) is 0 Å². The Morgan fingerprint density at radius 2 is 2.25 bits per heavy atom. The van der Waals surface area contributed by atoms with E-state index in [0.717, 1.165) is 10.6 Å². The molecule has 2 heterocycles. The standard InChI is InChI=1S/C13H19N3O3S/c1-8-4-16(5-10(8)12(17)18)13(19)15(3)6-11-9(2)14-7-20-11/h7-8,10H,4-6H2,1-3H3,(H,17,18). The molecule has 1 aromatic heterocycles. The van der Waals surface area contributed by atoms with Gasteiger partial charge in [-0.3, -0.25) is 4.79 Å². The average molecular weight is 297 g/mol. The number of carboxylic acid groups (broad SMARTS) is 1. The van der Waals surface area contributed by atoms with Crippen LogP contribution >= 0.6 is 11.3 Å². The van der Waals surface area contributed by atoms with E-state index >= 15 is 0 Å². The van der Waals surface area contributed by atoms with Gasteiger partial charge in [0.1, 0.15) is 0 Å². The number of likely N-dealkylation sites (tertiary alicyclic amines) is 1. The molecule has 7 heteroatoms. The van der Waals surface area contributed by atoms with Crippen LogP contribution in [0.15, 0.2) is 5.51 Å². The molecule has 2 unspecified atom stereocenters. The number of amides is 2. The first kappa shape index (κ1) is 14.8. The van der Waals surface area contributed by atoms with E-state index in [1.165, 1.54) is 11.3 Å². The topological polar surface area (TPSA) is 73.7 Å². The third kappa shape index (κ3) is 2.92. The SMILES string of the molecule is Cc1ncsc1CN(C)C(=O)N1CC(C)C(C(=O)O)C1. The molecule has 1 N–H and O–H groups in total. The first-order valence-electron chi connectivity index (χ1n) is 6.52. The molecular weight excluding hydrogens is 278 g/mol. The summed E-state index contributed by atoms with van der Waals surface area (Å²) in [6.45, 7) is 5.10. The lowest BCUT2D eigenvalue weighted by molar-refractivity contribution is -0.142. The van der Waals surface area contributed by atoms with E-state index in [9.17, 15) is 9.59 Å². The fourth-order valence-corrected chi connectivity index (χ4v) is 3.28. The molecule has 6 nitrogen and oxygen atoms in total. The minimum atomic E-state index is -0.825. The van der Waals surface area contributed by atoms with Crippen LogP contribution in [-0.4, -0.2) is 52.0 Å². The van der Waals surface area contributed by atoms with Gasteiger partial charge in [-0.1, -0.05) is 6.92 Å². The van der Waals surface area contributed by atoms with Crippen molar-refractivity contribution in [1.82, 2.24) is 14.8 Å². The predicted molar refractivity (Wildman–Crippen MR) is 75.6 cm³/mol. The molecule has 2 rings (SSSR count). The quantitative estimate of drug-likeness (QED) is 0.920. The largest absolute Gasteiger partial charge is 0.481 e. The smallest absolute Gasteiger partial charge is 0.320 e. The van der Waals surface area contributed by atoms with E-state index in [0.29, 0.717) is 19.6 Å². The van der Waals surface area contributed by atoms with E-state index in [-0.39, 0.29) is 11.9 Å². The number of rotatable bonds is 3. The van der Waals surface area contributed by atoms with Crippen LogP contribution in [0.3, 0.4) is 0 Å². The van der Waals surface area contributed by atoms with Gasteiger partial charge < -0.3 is 14.9 Å². The lowest BCUT2D eigenvalue weighted by atomic mass is 9.99. The third-order valence-corrected chi connectivity index (χ3v) is 4.67. The van der Waals surface area contributed by atoms with Crippen LogP contribution in [0.2, 0.25) is 0 Å². The third-order valence-electron chi connectivity index (χ3n) is 3.75. The second kappa shape index (κ2) is 5.78. The van der Waals surface area contributed by atoms with Crippen LogP contribution in [0, 0.1) is 18.8 Å². The van der Waals surface area contributed by atoms with E-state index in [2.05, 4.69) is 4.98 Å². The van der Waals surface area contributed by atoms with Crippen molar-refractivity contribution in [2.75, 3.05) is 20.1 Å². The number of urea groups is 1. The van der Waals surface area contributed by atoms with Gasteiger partial charge in [-0.05, 0) is 12.8 Å². The highest BCUT2D eigenvalue weighted by Crippen LogP contribution is 2.24. The zero-order valence-corrected chi connectivity index (χ0v) is 12.7. The first-order valence-corrected chi connectivity index (χ1v) is 7.40. The van der Waals surface area contributed by atoms with Crippen molar-refractivity contribution in [3.05, 3.63) is 16.1 Å². The zero-order chi connectivity index (χ0) is 14.9. The fourth-order valence-electron chi connectivity index (χ4n) is 2.45. The van der Waals surface area contributed by atoms with Gasteiger partial charge in [0, 0.05) is 25.0 Å². The number of carboxylic acids is 1. The van der Waals surface area contributed by atoms with Gasteiger partial charge >= 0.3 is 12.0 Å². The van der Waals surface area contributed by atoms with Crippen molar-refractivity contribution in [1.29, 1.82) is 0 Å². The number of carbonyl (C=O) groups excluding carboxylic acids is 1. The van der Waals surface area contributed by atoms with E-state index in [1.54, 1.807) is 22.4 Å². The molecule has 0 spiro atoms. The number of carbonyl (C=O) groups is 2. The summed E-state index contributed by atoms with van der Waals surface area (Å²) in [6, 6.07) is -0.117. The Kier molecular flexibility index (Phi) is 4.27. The van der Waals surface area contributed by atoms with Crippen LogP contribution in [0.5, 0.6) is 0 Å². The maximum Gasteiger partial charge on any atom is 0.320 e. The number of thiazole rings is 1. The Bertz CT molecular complexity index is 517. The Hall–Kier alpha value is -1.63. The van der Waals surface area contributed by atoms with Crippen molar-refractivity contribution in [2.24, 2.45) is 11.8 Å². The molecule has 1 saturated heterocycles. The average Bonchev–Trinajstić information content (AvgIpc) is 2.95. The van der Waals surface area contributed by atoms with Crippen molar-refractivity contribution in [2.45, 2.75) is 20.4 Å². The minimum absolute atomic E-state index is 0.00464. The number of aromatic nitrogens is 1. The number of hydrogen-bond acceptors (Lipinski definition) is 4. The van der Waals surface area contributed by atoms with Crippen LogP contribution in [0.25, 0.3) is 0 Å². The van der Waals surface area contributed by atoms with E-state index < -0.39 is 11.9 Å². The molecule has 2 amide bonds. The predicted octanol–water partition coefficient (Wildman–Crippen LogP) is 1.66. The number of nitrogens with zero attached hydrogens (tertiary/aromatic N) is 3. The van der Waals surface area contributed by atoms with Gasteiger partial charge in [-0.25, -0.2) is 9.78 Å². The summed E-state index contributed by atoms with van der Waals surface area (Å²) in [5, 5.41) is 9.11. The van der Waals surface area contributed by atoms with Crippen molar-refractivity contribution in [3.63, 3.8) is 0 Å². The Balaban J connectivity index is 1.98. The van der Waals surface area contributed by atoms with Crippen molar-refractivity contribution >= 4 is 23.3 Å². The second-order valence-electron chi connectivity index (χ2n) is 5.33. The Morgan fingerprint density at radius 1 is 1.55 bits per heavy atom. The molecule has 1 aliphatic rings. The fraction of sp³-hybridized carbons (Fsp3) is 0.615. The van der Waals surface area contributed by atoms with Crippen LogP contribution in [-0.2, 0) is 11.3 Å². The Labute approximate surface area is 122 Å². The highest BCUT2D eigenvalue weighted by molar-refractivity contribution is 7.09. The highest BCUT2D eigenvalue weighted by Gasteiger charge is 2.37. The van der Waals surface area contributed by atoms with Gasteiger partial charge in [0.25, 0.3) is 0 Å². The second-order valence-corrected chi connectivity index (χ2v) is 6.27. The molecular formula is C13H19N3O3S. The van der Waals surface area contributed by atoms with Crippen LogP contribution in [0.1, 0.15) is 17.5 Å².